The van der Waals surface area contributed by atoms with E-state index < -0.39 is 252 Å². The Morgan fingerprint density at radius 2 is 0.563 bits per heavy atom. The zero-order valence-electron chi connectivity index (χ0n) is 100. The van der Waals surface area contributed by atoms with E-state index in [0.717, 1.165) is 29.3 Å². The number of hydrogen-bond donors (Lipinski definition) is 0. The zero-order valence-corrected chi connectivity index (χ0v) is 58.3. The average molecular weight is 1400 g/mol. The maximum Gasteiger partial charge on any atom is 0.179 e. The number of benzene rings is 13. The van der Waals surface area contributed by atoms with Crippen molar-refractivity contribution in [1.29, 1.82) is 0 Å². The number of rotatable bonds is 10. The minimum atomic E-state index is -3.48. The van der Waals surface area contributed by atoms with Crippen molar-refractivity contribution in [2.45, 2.75) is 78.6 Å². The van der Waals surface area contributed by atoms with E-state index in [2.05, 4.69) is 0 Å². The van der Waals surface area contributed by atoms with Crippen LogP contribution in [0.4, 0.5) is 0 Å². The highest BCUT2D eigenvalue weighted by Crippen LogP contribution is 2.39. The first kappa shape index (κ1) is 34.3. The van der Waals surface area contributed by atoms with Crippen molar-refractivity contribution in [3.8, 4) is 45.0 Å². The second-order valence-corrected chi connectivity index (χ2v) is 30.3. The Morgan fingerprint density at radius 1 is 0.252 bits per heavy atom. The molecular formula is C98H90N4Si. The van der Waals surface area contributed by atoms with Crippen LogP contribution in [0.2, 0.25) is 0 Å². The van der Waals surface area contributed by atoms with E-state index in [1.807, 2.05) is 153 Å². The Labute approximate surface area is 670 Å². The highest BCUT2D eigenvalue weighted by molar-refractivity contribution is 7.20. The van der Waals surface area contributed by atoms with E-state index in [1.54, 1.807) is 30.3 Å². The SMILES string of the molecule is [2H]c1c([2H])c([2H])c(-c2c([2H])n(-c3c([2H])c([2H])c([2H])c([2H])c3[2H])c3c([2H])c([2H])c([2H])c([2H])c23)c([2H])c1[2H].[2H]c1c([2H])c([2H])c(-n2c([2H])c(-c3ccccc3)c3c([2H])c([2H])c([2H])c([2H])c32)c([2H])c1[2H].[2H]c1c([2H])c([2H])c(-n2c([2H])c(C(C)(C)C)c3c([2H])c(C(C)(C)C)c([2H])c([2H])c32)c([2H])c1[2H].[2H]c1c([2H])c([2H])c(-n2c([2H])c(C(C)(C)C)c3c([2H])c([Si](c4ccccc4)(c4ccccc4)c4ccccc4)c([2H])c([2H])c32)c([2H])c1[2H]. The second kappa shape index (κ2) is 29.4. The molecule has 0 saturated carbocycles. The minimum absolute atomic E-state index is 0.00577. The van der Waals surface area contributed by atoms with Gasteiger partial charge in [-0.15, -0.1) is 0 Å². The van der Waals surface area contributed by atoms with Crippen LogP contribution in [0.15, 0.2) is 382 Å². The molecule has 0 fully saturated rings. The summed E-state index contributed by atoms with van der Waals surface area (Å²) >= 11 is 0. The highest BCUT2D eigenvalue weighted by atomic mass is 28.3. The molecule has 0 atom stereocenters. The number of para-hydroxylation sites is 6. The fraction of sp³-hybridized carbons (Fsp3) is 0.122. The van der Waals surface area contributed by atoms with Gasteiger partial charge in [-0.3, -0.25) is 0 Å². The van der Waals surface area contributed by atoms with Gasteiger partial charge in [-0.05, 0) is 143 Å². The van der Waals surface area contributed by atoms with Gasteiger partial charge in [-0.25, -0.2) is 0 Å². The summed E-state index contributed by atoms with van der Waals surface area (Å²) in [5.41, 5.74) is -3.04. The molecule has 17 aromatic rings. The molecule has 0 aliphatic heterocycles. The fourth-order valence-corrected chi connectivity index (χ4v) is 16.3. The maximum atomic E-state index is 10.0. The molecule has 17 rings (SSSR count). The number of fused-ring (bicyclic) bond motifs is 4. The standard InChI is InChI=1S/C36H33NSi.C22H27N.2C20H15N/c1-36(2,3)34-27-37(28-16-8-4-9-17-28)35-25-24-32(26-33(34)35)38(29-18-10-5-11-19-29,30-20-12-6-13-21-30)31-22-14-7-15-23-31;1-21(2,3)16-12-13-20-18(14-16)19(22(4,5)6)15-23(20)17-10-8-7-9-11-17;2*1-3-9-16(10-4-1)19-15-21(17-11-5-2-6-12-17)20-14-8-7-13-18(19)20/h4-27H,1-3H3;7-15H,1-6H3;2*1-15H/i4D,8D,9D,16D,17D,24D,25D,26D,27D;7D,8D,9D,10D,11D,12D,13D,14D,15D;1D,2D,3D,4D,5D,6D,7D,8D,9D,10D,11D,12D,13D,14D,15D;2D,5D,6D,7D,8D,11D,12D,13D,14D,15D. The molecule has 0 aliphatic rings. The quantitative estimate of drug-likeness (QED) is 0.0961. The summed E-state index contributed by atoms with van der Waals surface area (Å²) in [7, 11) is -3.48. The van der Waals surface area contributed by atoms with Crippen LogP contribution in [0.3, 0.4) is 0 Å². The van der Waals surface area contributed by atoms with Gasteiger partial charge < -0.3 is 18.3 Å². The van der Waals surface area contributed by atoms with E-state index in [-0.39, 0.29) is 111 Å². The van der Waals surface area contributed by atoms with E-state index >= 15 is 0 Å². The van der Waals surface area contributed by atoms with Gasteiger partial charge in [-0.1, -0.05) is 341 Å². The van der Waals surface area contributed by atoms with Crippen molar-refractivity contribution < 1.29 is 58.9 Å². The van der Waals surface area contributed by atoms with Crippen LogP contribution >= 0.6 is 0 Å². The Kier molecular flexibility index (Phi) is 9.79. The predicted molar refractivity (Wildman–Crippen MR) is 444 cm³/mol. The van der Waals surface area contributed by atoms with Gasteiger partial charge in [0.15, 0.2) is 8.07 Å². The Hall–Kier alpha value is -11.8. The molecule has 0 radical (unpaired) electrons. The van der Waals surface area contributed by atoms with E-state index in [4.69, 9.17) is 53.5 Å². The summed E-state index contributed by atoms with van der Waals surface area (Å²) in [6.45, 7) is 16.8. The lowest BCUT2D eigenvalue weighted by atomic mass is 9.83. The predicted octanol–water partition coefficient (Wildman–Crippen LogP) is 23.1. The van der Waals surface area contributed by atoms with Gasteiger partial charge in [-0.2, -0.15) is 0 Å². The minimum Gasteiger partial charge on any atom is -0.316 e. The molecule has 0 amide bonds. The van der Waals surface area contributed by atoms with Crippen molar-refractivity contribution in [3.05, 3.63) is 398 Å². The third kappa shape index (κ3) is 14.2. The summed E-state index contributed by atoms with van der Waals surface area (Å²) in [4.78, 5) is 0. The fourth-order valence-electron chi connectivity index (χ4n) is 11.8. The summed E-state index contributed by atoms with van der Waals surface area (Å²) in [5, 5.41) is 3.39. The van der Waals surface area contributed by atoms with Gasteiger partial charge in [0.1, 0.15) is 0 Å². The van der Waals surface area contributed by atoms with E-state index in [1.165, 1.54) is 4.57 Å². The number of aromatic nitrogens is 4. The van der Waals surface area contributed by atoms with Crippen LogP contribution in [0.5, 0.6) is 0 Å². The molecule has 4 nitrogen and oxygen atoms in total. The summed E-state index contributed by atoms with van der Waals surface area (Å²) in [6.07, 6.45) is -1.38. The molecule has 103 heavy (non-hydrogen) atoms. The van der Waals surface area contributed by atoms with Crippen molar-refractivity contribution >= 4 is 72.4 Å². The molecule has 0 bridgehead atoms. The van der Waals surface area contributed by atoms with E-state index in [0.29, 0.717) is 32.8 Å². The Balaban J connectivity index is 0.000000156. The first-order valence-electron chi connectivity index (χ1n) is 54.1. The molecule has 5 heteroatoms. The smallest absolute Gasteiger partial charge is 0.179 e. The Morgan fingerprint density at radius 3 is 0.942 bits per heavy atom. The maximum absolute atomic E-state index is 10.0. The lowest BCUT2D eigenvalue weighted by molar-refractivity contribution is 0.587. The van der Waals surface area contributed by atoms with Crippen LogP contribution in [0, 0.1) is 0 Å². The molecule has 0 N–H and O–H groups in total. The molecule has 13 aromatic carbocycles. The van der Waals surface area contributed by atoms with Crippen LogP contribution < -0.4 is 20.7 Å². The largest absolute Gasteiger partial charge is 0.316 e. The molecule has 506 valence electrons. The molecule has 0 aliphatic carbocycles. The first-order valence-corrected chi connectivity index (χ1v) is 34.6. The Bertz CT molecular complexity index is 8000. The normalized spacial score (nSPS) is 17.6. The van der Waals surface area contributed by atoms with Crippen LogP contribution in [0.1, 0.15) is 138 Å². The molecule has 0 unspecified atom stereocenters. The van der Waals surface area contributed by atoms with Crippen LogP contribution in [-0.4, -0.2) is 26.3 Å². The van der Waals surface area contributed by atoms with Crippen molar-refractivity contribution in [2.75, 3.05) is 0 Å². The third-order valence-electron chi connectivity index (χ3n) is 16.6. The van der Waals surface area contributed by atoms with Crippen LogP contribution in [0.25, 0.3) is 88.6 Å². The lowest BCUT2D eigenvalue weighted by Crippen LogP contribution is -2.74. The number of nitrogens with zero attached hydrogens (tertiary/aromatic N) is 4. The lowest BCUT2D eigenvalue weighted by Gasteiger charge is -2.34. The summed E-state index contributed by atoms with van der Waals surface area (Å²) in [6, 6.07) is 16.8. The molecule has 4 aromatic heterocycles. The molecule has 0 spiro atoms. The topological polar surface area (TPSA) is 19.7 Å². The van der Waals surface area contributed by atoms with Crippen LogP contribution in [-0.2, 0) is 16.2 Å². The van der Waals surface area contributed by atoms with Gasteiger partial charge in [0.25, 0.3) is 0 Å². The zero-order chi connectivity index (χ0) is 109. The van der Waals surface area contributed by atoms with E-state index in [9.17, 15) is 5.48 Å². The third-order valence-corrected chi connectivity index (χ3v) is 21.2. The van der Waals surface area contributed by atoms with Gasteiger partial charge >= 0.3 is 0 Å². The summed E-state index contributed by atoms with van der Waals surface area (Å²) < 4.78 is 366. The van der Waals surface area contributed by atoms with Crippen molar-refractivity contribution in [3.63, 3.8) is 0 Å². The van der Waals surface area contributed by atoms with Crippen molar-refractivity contribution in [2.24, 2.45) is 0 Å². The van der Waals surface area contributed by atoms with Crippen molar-refractivity contribution in [1.82, 2.24) is 18.3 Å². The molecular weight excluding hydrogens is 1260 g/mol. The van der Waals surface area contributed by atoms with Gasteiger partial charge in [0.2, 0.25) is 0 Å². The van der Waals surface area contributed by atoms with Gasteiger partial charge in [0, 0.05) is 80.1 Å². The van der Waals surface area contributed by atoms with Gasteiger partial charge in [0.05, 0.1) is 81.0 Å². The molecule has 4 heterocycles. The second-order valence-electron chi connectivity index (χ2n) is 26.5. The molecule has 0 saturated heterocycles. The average Bonchev–Trinajstić information content (AvgIpc) is 1.47. The number of hydrogen-bond acceptors (Lipinski definition) is 0. The summed E-state index contributed by atoms with van der Waals surface area (Å²) in [5.74, 6) is 0. The highest BCUT2D eigenvalue weighted by Gasteiger charge is 2.42. The first-order chi connectivity index (χ1) is 67.9. The monoisotopic (exact) mass is 1390 g/mol.